The fourth-order valence-electron chi connectivity index (χ4n) is 8.99. The van der Waals surface area contributed by atoms with Crippen LogP contribution in [0, 0.1) is 0 Å². The van der Waals surface area contributed by atoms with Crippen molar-refractivity contribution in [2.75, 3.05) is 0 Å². The lowest BCUT2D eigenvalue weighted by Crippen LogP contribution is -2.32. The van der Waals surface area contributed by atoms with Crippen LogP contribution in [0.4, 0.5) is 0 Å². The Morgan fingerprint density at radius 3 is 1.75 bits per heavy atom. The molecule has 3 nitrogen and oxygen atoms in total. The molecule has 3 aliphatic rings. The summed E-state index contributed by atoms with van der Waals surface area (Å²) >= 11 is 0. The van der Waals surface area contributed by atoms with Gasteiger partial charge in [-0.05, 0) is 74.8 Å². The maximum Gasteiger partial charge on any atom is 0.175 e. The first-order chi connectivity index (χ1) is 23.7. The second kappa shape index (κ2) is 9.19. The molecule has 224 valence electrons. The molecule has 11 rings (SSSR count). The maximum atomic E-state index is 15.5. The molecule has 2 heterocycles. The van der Waals surface area contributed by atoms with Gasteiger partial charge in [0.05, 0.1) is 22.1 Å². The Kier molecular flexibility index (Phi) is 5.04. The van der Waals surface area contributed by atoms with Crippen LogP contribution in [0.25, 0.3) is 50.4 Å². The summed E-state index contributed by atoms with van der Waals surface area (Å²) in [5, 5.41) is 2.53. The quantitative estimate of drug-likeness (QED) is 0.179. The summed E-state index contributed by atoms with van der Waals surface area (Å²) in [5.74, 6) is 0.859. The molecule has 1 aromatic heterocycles. The molecular formula is C44H27N2OP. The number of imidazole rings is 1. The fourth-order valence-corrected chi connectivity index (χ4v) is 12.0. The van der Waals surface area contributed by atoms with Gasteiger partial charge in [0, 0.05) is 21.5 Å². The summed E-state index contributed by atoms with van der Waals surface area (Å²) in [6.07, 6.45) is 0. The van der Waals surface area contributed by atoms with E-state index in [0.717, 1.165) is 44.0 Å². The molecular weight excluding hydrogens is 603 g/mol. The van der Waals surface area contributed by atoms with E-state index in [1.807, 2.05) is 60.7 Å². The van der Waals surface area contributed by atoms with Gasteiger partial charge in [-0.1, -0.05) is 133 Å². The molecule has 0 radical (unpaired) electrons. The lowest BCUT2D eigenvalue weighted by molar-refractivity contribution is 0.592. The van der Waals surface area contributed by atoms with Crippen LogP contribution in [-0.4, -0.2) is 9.55 Å². The highest BCUT2D eigenvalue weighted by molar-refractivity contribution is 7.86. The number of benzene rings is 7. The predicted octanol–water partition coefficient (Wildman–Crippen LogP) is 8.99. The van der Waals surface area contributed by atoms with Crippen molar-refractivity contribution in [1.82, 2.24) is 9.55 Å². The minimum absolute atomic E-state index is 0.435. The molecule has 0 saturated heterocycles. The van der Waals surface area contributed by atoms with E-state index in [1.54, 1.807) is 0 Å². The van der Waals surface area contributed by atoms with Gasteiger partial charge in [-0.15, -0.1) is 0 Å². The van der Waals surface area contributed by atoms with Gasteiger partial charge in [-0.25, -0.2) is 4.98 Å². The van der Waals surface area contributed by atoms with Crippen LogP contribution in [-0.2, 0) is 9.98 Å². The highest BCUT2D eigenvalue weighted by Crippen LogP contribution is 2.63. The van der Waals surface area contributed by atoms with Crippen molar-refractivity contribution >= 4 is 34.1 Å². The molecule has 4 heteroatoms. The first-order valence-electron chi connectivity index (χ1n) is 16.4. The van der Waals surface area contributed by atoms with Crippen molar-refractivity contribution in [2.45, 2.75) is 5.41 Å². The summed E-state index contributed by atoms with van der Waals surface area (Å²) in [7, 11) is -3.15. The zero-order valence-electron chi connectivity index (χ0n) is 25.8. The van der Waals surface area contributed by atoms with E-state index in [0.29, 0.717) is 0 Å². The van der Waals surface area contributed by atoms with Crippen molar-refractivity contribution < 1.29 is 4.57 Å². The van der Waals surface area contributed by atoms with Gasteiger partial charge in [0.2, 0.25) is 0 Å². The van der Waals surface area contributed by atoms with Crippen LogP contribution in [0.15, 0.2) is 164 Å². The number of para-hydroxylation sites is 2. The van der Waals surface area contributed by atoms with Crippen LogP contribution in [0.2, 0.25) is 0 Å². The monoisotopic (exact) mass is 630 g/mol. The van der Waals surface area contributed by atoms with Gasteiger partial charge in [-0.2, -0.15) is 0 Å². The van der Waals surface area contributed by atoms with Gasteiger partial charge in [0.25, 0.3) is 0 Å². The van der Waals surface area contributed by atoms with Crippen molar-refractivity contribution in [2.24, 2.45) is 0 Å². The fraction of sp³-hybridized carbons (Fsp3) is 0.0227. The van der Waals surface area contributed by atoms with Gasteiger partial charge in [0.15, 0.2) is 7.14 Å². The SMILES string of the molecule is O=P1(c2ccccc2)c2ccccc2-n2c(-c3ccc4c(c3)C3(c5ccccc5-c5ccccc53)c3ccccc3-4)nc3cccc1c32. The van der Waals surface area contributed by atoms with E-state index < -0.39 is 12.6 Å². The van der Waals surface area contributed by atoms with Crippen LogP contribution >= 0.6 is 7.14 Å². The lowest BCUT2D eigenvalue weighted by Gasteiger charge is -2.31. The van der Waals surface area contributed by atoms with E-state index in [2.05, 4.69) is 108 Å². The Morgan fingerprint density at radius 1 is 0.500 bits per heavy atom. The predicted molar refractivity (Wildman–Crippen MR) is 196 cm³/mol. The van der Waals surface area contributed by atoms with Crippen molar-refractivity contribution in [3.8, 4) is 39.3 Å². The molecule has 1 spiro atoms. The number of aromatic nitrogens is 2. The molecule has 0 bridgehead atoms. The highest BCUT2D eigenvalue weighted by Gasteiger charge is 2.51. The zero-order chi connectivity index (χ0) is 31.6. The first kappa shape index (κ1) is 26.3. The van der Waals surface area contributed by atoms with Crippen LogP contribution in [0.5, 0.6) is 0 Å². The number of hydrogen-bond donors (Lipinski definition) is 0. The second-order valence-corrected chi connectivity index (χ2v) is 15.7. The van der Waals surface area contributed by atoms with E-state index in [4.69, 9.17) is 4.98 Å². The largest absolute Gasteiger partial charge is 0.308 e. The number of fused-ring (bicyclic) bond motifs is 12. The Morgan fingerprint density at radius 2 is 1.06 bits per heavy atom. The molecule has 8 aromatic rings. The first-order valence-corrected chi connectivity index (χ1v) is 18.1. The summed E-state index contributed by atoms with van der Waals surface area (Å²) in [5.41, 5.74) is 13.6. The summed E-state index contributed by atoms with van der Waals surface area (Å²) < 4.78 is 17.7. The highest BCUT2D eigenvalue weighted by atomic mass is 31.2. The molecule has 0 N–H and O–H groups in total. The van der Waals surface area contributed by atoms with Crippen molar-refractivity contribution in [3.05, 3.63) is 186 Å². The number of rotatable bonds is 2. The second-order valence-electron chi connectivity index (χ2n) is 13.0. The molecule has 1 unspecified atom stereocenters. The van der Waals surface area contributed by atoms with Gasteiger partial charge < -0.3 is 4.57 Å². The molecule has 48 heavy (non-hydrogen) atoms. The third kappa shape index (κ3) is 3.02. The van der Waals surface area contributed by atoms with Crippen LogP contribution in [0.1, 0.15) is 22.3 Å². The number of nitrogens with zero attached hydrogens (tertiary/aromatic N) is 2. The molecule has 1 atom stereocenters. The zero-order valence-corrected chi connectivity index (χ0v) is 26.7. The van der Waals surface area contributed by atoms with Gasteiger partial charge >= 0.3 is 0 Å². The Bertz CT molecular complexity index is 2660. The van der Waals surface area contributed by atoms with E-state index in [-0.39, 0.29) is 0 Å². The summed E-state index contributed by atoms with van der Waals surface area (Å²) in [6, 6.07) is 57.8. The molecule has 2 aliphatic carbocycles. The minimum Gasteiger partial charge on any atom is -0.308 e. The van der Waals surface area contributed by atoms with Gasteiger partial charge in [0.1, 0.15) is 5.82 Å². The topological polar surface area (TPSA) is 34.9 Å². The standard InChI is InChI=1S/C44H27N2OP/c47-48(29-13-2-1-3-14-29)40-23-11-10-22-39(40)46-42-38(21-12-24-41(42)48)45-43(46)28-25-26-33-32-17-6-9-20-36(32)44(37(33)27-28)34-18-7-4-15-30(34)31-16-5-8-19-35(31)44/h1-27H. The smallest absolute Gasteiger partial charge is 0.175 e. The maximum absolute atomic E-state index is 15.5. The van der Waals surface area contributed by atoms with Crippen molar-refractivity contribution in [3.63, 3.8) is 0 Å². The van der Waals surface area contributed by atoms with E-state index in [1.165, 1.54) is 44.5 Å². The average Bonchev–Trinajstić information content (AvgIpc) is 3.79. The van der Waals surface area contributed by atoms with Gasteiger partial charge in [-0.3, -0.25) is 4.57 Å². The minimum atomic E-state index is -3.15. The Balaban J connectivity index is 1.23. The Hall–Kier alpha value is -5.76. The molecule has 1 aliphatic heterocycles. The van der Waals surface area contributed by atoms with Crippen molar-refractivity contribution in [1.29, 1.82) is 0 Å². The molecule has 0 amide bonds. The van der Waals surface area contributed by atoms with E-state index in [9.17, 15) is 0 Å². The summed E-state index contributed by atoms with van der Waals surface area (Å²) in [4.78, 5) is 5.33. The third-order valence-corrected chi connectivity index (χ3v) is 14.0. The van der Waals surface area contributed by atoms with Crippen LogP contribution < -0.4 is 15.9 Å². The average molecular weight is 631 g/mol. The summed E-state index contributed by atoms with van der Waals surface area (Å²) in [6.45, 7) is 0. The Labute approximate surface area is 278 Å². The molecule has 0 fully saturated rings. The normalized spacial score (nSPS) is 17.1. The third-order valence-electron chi connectivity index (χ3n) is 10.8. The number of hydrogen-bond acceptors (Lipinski definition) is 2. The van der Waals surface area contributed by atoms with E-state index >= 15 is 4.57 Å². The molecule has 0 saturated carbocycles. The molecule has 7 aromatic carbocycles. The lowest BCUT2D eigenvalue weighted by atomic mass is 9.70. The van der Waals surface area contributed by atoms with Crippen LogP contribution in [0.3, 0.4) is 0 Å².